The van der Waals surface area contributed by atoms with Crippen molar-refractivity contribution in [2.45, 2.75) is 19.4 Å². The van der Waals surface area contributed by atoms with E-state index < -0.39 is 0 Å². The van der Waals surface area contributed by atoms with Crippen molar-refractivity contribution in [1.82, 2.24) is 14.9 Å². The lowest BCUT2D eigenvalue weighted by Gasteiger charge is -2.41. The van der Waals surface area contributed by atoms with Gasteiger partial charge in [-0.2, -0.15) is 5.26 Å². The molecule has 0 aliphatic carbocycles. The second-order valence-electron chi connectivity index (χ2n) is 7.45. The second kappa shape index (κ2) is 8.34. The number of nitriles is 1. The number of aryl methyl sites for hydroxylation is 1. The molecule has 2 aromatic carbocycles. The van der Waals surface area contributed by atoms with E-state index in [1.54, 1.807) is 11.2 Å². The molecule has 1 unspecified atom stereocenters. The number of carbonyl (C=O) groups is 1. The fraction of sp³-hybridized carbons (Fsp3) is 0.250. The third-order valence-corrected chi connectivity index (χ3v) is 5.61. The first-order valence-electron chi connectivity index (χ1n) is 9.98. The summed E-state index contributed by atoms with van der Waals surface area (Å²) in [5.41, 5.74) is 4.34. The van der Waals surface area contributed by atoms with Gasteiger partial charge in [0.1, 0.15) is 12.1 Å². The minimum atomic E-state index is -0.191. The van der Waals surface area contributed by atoms with Crippen LogP contribution in [0.2, 0.25) is 0 Å². The first-order chi connectivity index (χ1) is 14.6. The summed E-state index contributed by atoms with van der Waals surface area (Å²) in [7, 11) is 0. The van der Waals surface area contributed by atoms with Crippen LogP contribution in [-0.4, -0.2) is 46.5 Å². The highest BCUT2D eigenvalue weighted by atomic mass is 16.2. The highest BCUT2D eigenvalue weighted by Crippen LogP contribution is 2.32. The van der Waals surface area contributed by atoms with Gasteiger partial charge in [0.2, 0.25) is 5.91 Å². The van der Waals surface area contributed by atoms with Crippen molar-refractivity contribution in [3.63, 3.8) is 0 Å². The van der Waals surface area contributed by atoms with Crippen LogP contribution in [0.3, 0.4) is 0 Å². The largest absolute Gasteiger partial charge is 0.352 e. The minimum Gasteiger partial charge on any atom is -0.352 e. The Morgan fingerprint density at radius 2 is 2.07 bits per heavy atom. The summed E-state index contributed by atoms with van der Waals surface area (Å²) < 4.78 is 0. The maximum atomic E-state index is 12.2. The third-order valence-electron chi connectivity index (χ3n) is 5.61. The van der Waals surface area contributed by atoms with Gasteiger partial charge in [-0.15, -0.1) is 0 Å². The summed E-state index contributed by atoms with van der Waals surface area (Å²) in [6.45, 7) is 7.41. The van der Waals surface area contributed by atoms with E-state index in [-0.39, 0.29) is 18.4 Å². The molecule has 0 saturated carbocycles. The minimum absolute atomic E-state index is 0.134. The van der Waals surface area contributed by atoms with Gasteiger partial charge in [-0.3, -0.25) is 4.79 Å². The molecular formula is C24H23N5O. The molecule has 0 spiro atoms. The molecular weight excluding hydrogens is 374 g/mol. The maximum Gasteiger partial charge on any atom is 0.246 e. The van der Waals surface area contributed by atoms with Crippen molar-refractivity contribution < 1.29 is 4.79 Å². The average Bonchev–Trinajstić information content (AvgIpc) is 2.78. The van der Waals surface area contributed by atoms with Gasteiger partial charge in [-0.1, -0.05) is 36.9 Å². The number of hydrogen-bond acceptors (Lipinski definition) is 5. The van der Waals surface area contributed by atoms with Crippen molar-refractivity contribution in [3.8, 4) is 17.2 Å². The van der Waals surface area contributed by atoms with Crippen molar-refractivity contribution >= 4 is 22.6 Å². The summed E-state index contributed by atoms with van der Waals surface area (Å²) in [5, 5.41) is 10.2. The standard InChI is InChI=1S/C24H23N5O/c1-3-23(30)29-12-11-28(15-19(29)9-10-25)24-21-13-17(2)20(14-22(21)26-16-27-24)18-7-5-4-6-8-18/h3-8,13-14,16,19H,1,9,11-12,15H2,2H3. The molecule has 1 atom stereocenters. The zero-order chi connectivity index (χ0) is 21.1. The monoisotopic (exact) mass is 397 g/mol. The van der Waals surface area contributed by atoms with Crippen LogP contribution in [-0.2, 0) is 4.79 Å². The number of benzene rings is 2. The first kappa shape index (κ1) is 19.6. The molecule has 4 rings (SSSR count). The maximum absolute atomic E-state index is 12.2. The van der Waals surface area contributed by atoms with Gasteiger partial charge in [-0.05, 0) is 41.8 Å². The topological polar surface area (TPSA) is 73.1 Å². The molecule has 1 saturated heterocycles. The molecule has 30 heavy (non-hydrogen) atoms. The lowest BCUT2D eigenvalue weighted by atomic mass is 9.98. The van der Waals surface area contributed by atoms with Crippen LogP contribution in [0.25, 0.3) is 22.0 Å². The molecule has 1 amide bonds. The number of hydrogen-bond donors (Lipinski definition) is 0. The number of nitrogens with zero attached hydrogens (tertiary/aromatic N) is 5. The number of piperazine rings is 1. The number of fused-ring (bicyclic) bond motifs is 1. The van der Waals surface area contributed by atoms with Crippen molar-refractivity contribution in [2.75, 3.05) is 24.5 Å². The van der Waals surface area contributed by atoms with Gasteiger partial charge < -0.3 is 9.80 Å². The van der Waals surface area contributed by atoms with E-state index in [1.165, 1.54) is 6.08 Å². The summed E-state index contributed by atoms with van der Waals surface area (Å²) in [4.78, 5) is 25.1. The molecule has 0 N–H and O–H groups in total. The molecule has 6 nitrogen and oxygen atoms in total. The van der Waals surface area contributed by atoms with E-state index in [0.717, 1.165) is 33.4 Å². The van der Waals surface area contributed by atoms with Gasteiger partial charge in [0, 0.05) is 25.0 Å². The Hall–Kier alpha value is -3.72. The Balaban J connectivity index is 1.71. The Bertz CT molecular complexity index is 1140. The smallest absolute Gasteiger partial charge is 0.246 e. The molecule has 1 aliphatic heterocycles. The second-order valence-corrected chi connectivity index (χ2v) is 7.45. The molecule has 1 aliphatic rings. The zero-order valence-corrected chi connectivity index (χ0v) is 17.0. The van der Waals surface area contributed by atoms with Gasteiger partial charge in [-0.25, -0.2) is 9.97 Å². The van der Waals surface area contributed by atoms with Gasteiger partial charge in [0.05, 0.1) is 24.0 Å². The first-order valence-corrected chi connectivity index (χ1v) is 9.98. The van der Waals surface area contributed by atoms with Crippen molar-refractivity contribution in [2.24, 2.45) is 0 Å². The van der Waals surface area contributed by atoms with E-state index in [2.05, 4.69) is 58.7 Å². The summed E-state index contributed by atoms with van der Waals surface area (Å²) >= 11 is 0. The molecule has 6 heteroatoms. The fourth-order valence-electron chi connectivity index (χ4n) is 4.11. The molecule has 1 fully saturated rings. The van der Waals surface area contributed by atoms with E-state index >= 15 is 0 Å². The van der Waals surface area contributed by atoms with Crippen molar-refractivity contribution in [1.29, 1.82) is 5.26 Å². The highest BCUT2D eigenvalue weighted by Gasteiger charge is 2.30. The van der Waals surface area contributed by atoms with Gasteiger partial charge in [0.25, 0.3) is 0 Å². The summed E-state index contributed by atoms with van der Waals surface area (Å²) in [5.74, 6) is 0.710. The molecule has 3 aromatic rings. The zero-order valence-electron chi connectivity index (χ0n) is 17.0. The van der Waals surface area contributed by atoms with Crippen LogP contribution in [0.4, 0.5) is 5.82 Å². The molecule has 150 valence electrons. The van der Waals surface area contributed by atoms with Crippen LogP contribution in [0, 0.1) is 18.3 Å². The van der Waals surface area contributed by atoms with Crippen LogP contribution < -0.4 is 4.90 Å². The normalized spacial score (nSPS) is 16.3. The van der Waals surface area contributed by atoms with Crippen LogP contribution in [0.5, 0.6) is 0 Å². The molecule has 0 bridgehead atoms. The highest BCUT2D eigenvalue weighted by molar-refractivity contribution is 5.94. The number of rotatable bonds is 4. The van der Waals surface area contributed by atoms with E-state index in [4.69, 9.17) is 0 Å². The van der Waals surface area contributed by atoms with E-state index in [0.29, 0.717) is 19.6 Å². The van der Waals surface area contributed by atoms with E-state index in [9.17, 15) is 10.1 Å². The predicted octanol–water partition coefficient (Wildman–Crippen LogP) is 3.72. The Kier molecular flexibility index (Phi) is 5.44. The van der Waals surface area contributed by atoms with Crippen LogP contribution >= 0.6 is 0 Å². The Morgan fingerprint density at radius 3 is 2.80 bits per heavy atom. The predicted molar refractivity (Wildman–Crippen MR) is 118 cm³/mol. The number of amides is 1. The molecule has 2 heterocycles. The Morgan fingerprint density at radius 1 is 1.27 bits per heavy atom. The molecule has 1 aromatic heterocycles. The fourth-order valence-corrected chi connectivity index (χ4v) is 4.11. The summed E-state index contributed by atoms with van der Waals surface area (Å²) in [6.07, 6.45) is 3.17. The number of anilines is 1. The number of aromatic nitrogens is 2. The van der Waals surface area contributed by atoms with Gasteiger partial charge in [0.15, 0.2) is 0 Å². The van der Waals surface area contributed by atoms with Crippen molar-refractivity contribution in [3.05, 3.63) is 67.0 Å². The Labute approximate surface area is 176 Å². The molecule has 0 radical (unpaired) electrons. The summed E-state index contributed by atoms with van der Waals surface area (Å²) in [6, 6.07) is 16.5. The number of carbonyl (C=O) groups excluding carboxylic acids is 1. The average molecular weight is 397 g/mol. The lowest BCUT2D eigenvalue weighted by molar-refractivity contribution is -0.128. The third kappa shape index (κ3) is 3.62. The SMILES string of the molecule is C=CC(=O)N1CCN(c2ncnc3cc(-c4ccccc4)c(C)cc23)CC1CC#N. The van der Waals surface area contributed by atoms with Crippen LogP contribution in [0.1, 0.15) is 12.0 Å². The quantitative estimate of drug-likeness (QED) is 0.628. The van der Waals surface area contributed by atoms with E-state index in [1.807, 2.05) is 18.2 Å². The van der Waals surface area contributed by atoms with Crippen LogP contribution in [0.15, 0.2) is 61.4 Å². The van der Waals surface area contributed by atoms with Gasteiger partial charge >= 0.3 is 0 Å². The lowest BCUT2D eigenvalue weighted by Crippen LogP contribution is -2.55.